The van der Waals surface area contributed by atoms with Gasteiger partial charge < -0.3 is 19.7 Å². The highest BCUT2D eigenvalue weighted by atomic mass is 16.5. The number of aryl methyl sites for hydroxylation is 1. The van der Waals surface area contributed by atoms with Crippen LogP contribution in [0, 0.1) is 6.92 Å². The third kappa shape index (κ3) is 4.96. The lowest BCUT2D eigenvalue weighted by atomic mass is 10.1. The first-order valence-corrected chi connectivity index (χ1v) is 9.64. The number of amides is 2. The monoisotopic (exact) mass is 394 g/mol. The summed E-state index contributed by atoms with van der Waals surface area (Å²) in [6.07, 6.45) is 5.75. The number of nitrogens with zero attached hydrogens (tertiary/aromatic N) is 1. The summed E-state index contributed by atoms with van der Waals surface area (Å²) in [5, 5.41) is 2.86. The van der Waals surface area contributed by atoms with E-state index in [0.29, 0.717) is 23.6 Å². The lowest BCUT2D eigenvalue weighted by molar-refractivity contribution is -0.119. The molecule has 1 aliphatic rings. The zero-order valence-electron chi connectivity index (χ0n) is 17.0. The van der Waals surface area contributed by atoms with Crippen LogP contribution in [0.3, 0.4) is 0 Å². The number of carbonyl (C=O) groups is 2. The minimum absolute atomic E-state index is 0.161. The van der Waals surface area contributed by atoms with E-state index in [2.05, 4.69) is 5.32 Å². The molecule has 1 aliphatic heterocycles. The van der Waals surface area contributed by atoms with Crippen LogP contribution < -0.4 is 19.7 Å². The molecule has 1 fully saturated rings. The van der Waals surface area contributed by atoms with Crippen LogP contribution in [0.2, 0.25) is 0 Å². The second-order valence-electron chi connectivity index (χ2n) is 6.94. The van der Waals surface area contributed by atoms with Crippen LogP contribution in [0.25, 0.3) is 6.08 Å². The van der Waals surface area contributed by atoms with Crippen LogP contribution in [0.4, 0.5) is 11.4 Å². The maximum absolute atomic E-state index is 12.3. The van der Waals surface area contributed by atoms with Crippen LogP contribution in [0.15, 0.2) is 42.5 Å². The van der Waals surface area contributed by atoms with Gasteiger partial charge in [0, 0.05) is 30.4 Å². The first-order chi connectivity index (χ1) is 14.0. The Morgan fingerprint density at radius 1 is 1.07 bits per heavy atom. The second kappa shape index (κ2) is 9.28. The summed E-state index contributed by atoms with van der Waals surface area (Å²) in [4.78, 5) is 26.3. The maximum atomic E-state index is 12.3. The van der Waals surface area contributed by atoms with E-state index < -0.39 is 0 Å². The lowest BCUT2D eigenvalue weighted by Crippen LogP contribution is -2.35. The number of hydrogen-bond acceptors (Lipinski definition) is 4. The van der Waals surface area contributed by atoms with Crippen LogP contribution in [0.5, 0.6) is 11.5 Å². The Hall–Kier alpha value is -3.28. The van der Waals surface area contributed by atoms with Crippen molar-refractivity contribution in [3.8, 4) is 11.5 Å². The number of methoxy groups -OCH3 is 2. The number of anilines is 2. The molecule has 0 bridgehead atoms. The van der Waals surface area contributed by atoms with E-state index in [1.165, 1.54) is 6.08 Å². The minimum Gasteiger partial charge on any atom is -0.493 e. The van der Waals surface area contributed by atoms with Crippen molar-refractivity contribution in [1.82, 2.24) is 0 Å². The summed E-state index contributed by atoms with van der Waals surface area (Å²) in [7, 11) is 3.15. The summed E-state index contributed by atoms with van der Waals surface area (Å²) >= 11 is 0. The summed E-state index contributed by atoms with van der Waals surface area (Å²) in [6.45, 7) is 2.70. The van der Waals surface area contributed by atoms with E-state index in [1.54, 1.807) is 32.4 Å². The molecule has 152 valence electrons. The molecule has 0 aromatic heterocycles. The van der Waals surface area contributed by atoms with Gasteiger partial charge in [-0.05, 0) is 67.3 Å². The molecular formula is C23H26N2O4. The fourth-order valence-electron chi connectivity index (χ4n) is 3.41. The van der Waals surface area contributed by atoms with Crippen molar-refractivity contribution in [3.63, 3.8) is 0 Å². The van der Waals surface area contributed by atoms with E-state index in [0.717, 1.165) is 36.2 Å². The van der Waals surface area contributed by atoms with Crippen molar-refractivity contribution in [2.75, 3.05) is 31.0 Å². The van der Waals surface area contributed by atoms with Crippen molar-refractivity contribution < 1.29 is 19.1 Å². The van der Waals surface area contributed by atoms with Gasteiger partial charge in [-0.1, -0.05) is 6.07 Å². The number of nitrogens with one attached hydrogen (secondary N) is 1. The third-order valence-corrected chi connectivity index (χ3v) is 4.91. The van der Waals surface area contributed by atoms with Gasteiger partial charge in [0.15, 0.2) is 11.5 Å². The predicted octanol–water partition coefficient (Wildman–Crippen LogP) is 4.18. The fourth-order valence-corrected chi connectivity index (χ4v) is 3.41. The van der Waals surface area contributed by atoms with Crippen LogP contribution >= 0.6 is 0 Å². The highest BCUT2D eigenvalue weighted by Crippen LogP contribution is 2.29. The Labute approximate surface area is 171 Å². The molecule has 2 amide bonds. The zero-order chi connectivity index (χ0) is 20.8. The summed E-state index contributed by atoms with van der Waals surface area (Å²) in [6, 6.07) is 11.1. The van der Waals surface area contributed by atoms with Crippen molar-refractivity contribution in [2.45, 2.75) is 26.2 Å². The SMILES string of the molecule is COc1ccc(/C=C/C(=O)Nc2ccc(N3CCCCC3=O)c(C)c2)cc1OC. The predicted molar refractivity (Wildman–Crippen MR) is 115 cm³/mol. The summed E-state index contributed by atoms with van der Waals surface area (Å²) < 4.78 is 10.5. The van der Waals surface area contributed by atoms with Gasteiger partial charge >= 0.3 is 0 Å². The number of piperidine rings is 1. The number of rotatable bonds is 6. The number of hydrogen-bond donors (Lipinski definition) is 1. The Morgan fingerprint density at radius 2 is 1.86 bits per heavy atom. The van der Waals surface area contributed by atoms with Crippen LogP contribution in [0.1, 0.15) is 30.4 Å². The molecule has 2 aromatic carbocycles. The molecule has 0 saturated carbocycles. The van der Waals surface area contributed by atoms with Gasteiger partial charge in [0.2, 0.25) is 11.8 Å². The van der Waals surface area contributed by atoms with E-state index in [-0.39, 0.29) is 11.8 Å². The third-order valence-electron chi connectivity index (χ3n) is 4.91. The molecule has 3 rings (SSSR count). The topological polar surface area (TPSA) is 67.9 Å². The molecule has 0 aliphatic carbocycles. The first kappa shape index (κ1) is 20.5. The molecule has 1 saturated heterocycles. The first-order valence-electron chi connectivity index (χ1n) is 9.64. The summed E-state index contributed by atoms with van der Waals surface area (Å²) in [5.74, 6) is 1.17. The van der Waals surface area contributed by atoms with Crippen molar-refractivity contribution >= 4 is 29.3 Å². The van der Waals surface area contributed by atoms with Gasteiger partial charge in [-0.2, -0.15) is 0 Å². The van der Waals surface area contributed by atoms with Gasteiger partial charge in [-0.25, -0.2) is 0 Å². The molecule has 0 unspecified atom stereocenters. The molecule has 0 radical (unpaired) electrons. The molecule has 6 heteroatoms. The Balaban J connectivity index is 1.67. The number of ether oxygens (including phenoxy) is 2. The Bertz CT molecular complexity index is 936. The van der Waals surface area contributed by atoms with Crippen LogP contribution in [-0.4, -0.2) is 32.6 Å². The molecule has 2 aromatic rings. The van der Waals surface area contributed by atoms with Crippen molar-refractivity contribution in [2.24, 2.45) is 0 Å². The van der Waals surface area contributed by atoms with E-state index in [4.69, 9.17) is 9.47 Å². The minimum atomic E-state index is -0.235. The fraction of sp³-hybridized carbons (Fsp3) is 0.304. The normalized spacial score (nSPS) is 14.2. The Morgan fingerprint density at radius 3 is 2.55 bits per heavy atom. The van der Waals surface area contributed by atoms with Gasteiger partial charge in [-0.3, -0.25) is 9.59 Å². The lowest BCUT2D eigenvalue weighted by Gasteiger charge is -2.28. The molecule has 1 heterocycles. The van der Waals surface area contributed by atoms with Gasteiger partial charge in [0.1, 0.15) is 0 Å². The van der Waals surface area contributed by atoms with Gasteiger partial charge in [-0.15, -0.1) is 0 Å². The zero-order valence-corrected chi connectivity index (χ0v) is 17.0. The van der Waals surface area contributed by atoms with E-state index in [1.807, 2.05) is 36.1 Å². The second-order valence-corrected chi connectivity index (χ2v) is 6.94. The van der Waals surface area contributed by atoms with Crippen molar-refractivity contribution in [1.29, 1.82) is 0 Å². The molecule has 1 N–H and O–H groups in total. The smallest absolute Gasteiger partial charge is 0.248 e. The standard InChI is InChI=1S/C23H26N2O4/c1-16-14-18(9-10-19(16)25-13-5-4-6-23(25)27)24-22(26)12-8-17-7-11-20(28-2)21(15-17)29-3/h7-12,14-15H,4-6,13H2,1-3H3,(H,24,26)/b12-8+. The molecule has 0 atom stereocenters. The Kier molecular flexibility index (Phi) is 6.54. The quantitative estimate of drug-likeness (QED) is 0.747. The summed E-state index contributed by atoms with van der Waals surface area (Å²) in [5.41, 5.74) is 3.39. The van der Waals surface area contributed by atoms with E-state index in [9.17, 15) is 9.59 Å². The van der Waals surface area contributed by atoms with Gasteiger partial charge in [0.25, 0.3) is 0 Å². The largest absolute Gasteiger partial charge is 0.493 e. The molecule has 6 nitrogen and oxygen atoms in total. The highest BCUT2D eigenvalue weighted by Gasteiger charge is 2.21. The highest BCUT2D eigenvalue weighted by molar-refractivity contribution is 6.02. The maximum Gasteiger partial charge on any atom is 0.248 e. The van der Waals surface area contributed by atoms with Gasteiger partial charge in [0.05, 0.1) is 14.2 Å². The number of carbonyl (C=O) groups excluding carboxylic acids is 2. The molecule has 0 spiro atoms. The van der Waals surface area contributed by atoms with E-state index >= 15 is 0 Å². The average Bonchev–Trinajstić information content (AvgIpc) is 2.73. The average molecular weight is 394 g/mol. The van der Waals surface area contributed by atoms with Crippen LogP contribution in [-0.2, 0) is 9.59 Å². The molecule has 29 heavy (non-hydrogen) atoms. The molecular weight excluding hydrogens is 368 g/mol. The number of benzene rings is 2. The van der Waals surface area contributed by atoms with Crippen molar-refractivity contribution in [3.05, 3.63) is 53.6 Å².